The van der Waals surface area contributed by atoms with Crippen LogP contribution in [0, 0.1) is 0 Å². The second-order valence-corrected chi connectivity index (χ2v) is 7.21. The van der Waals surface area contributed by atoms with Crippen LogP contribution in [0.15, 0.2) is 15.9 Å². The zero-order valence-corrected chi connectivity index (χ0v) is 12.6. The SMILES string of the molecule is CN(CCc1ccc(Br)s1)C(C)(C)CCO. The summed E-state index contributed by atoms with van der Waals surface area (Å²) in [6.07, 6.45) is 1.89. The lowest BCUT2D eigenvalue weighted by molar-refractivity contribution is 0.118. The van der Waals surface area contributed by atoms with Gasteiger partial charge in [0, 0.05) is 23.6 Å². The molecule has 0 unspecified atom stereocenters. The van der Waals surface area contributed by atoms with Crippen molar-refractivity contribution >= 4 is 27.3 Å². The monoisotopic (exact) mass is 305 g/mol. The maximum absolute atomic E-state index is 9.01. The van der Waals surface area contributed by atoms with Crippen molar-refractivity contribution in [2.24, 2.45) is 0 Å². The van der Waals surface area contributed by atoms with Gasteiger partial charge >= 0.3 is 0 Å². The number of hydrogen-bond donors (Lipinski definition) is 1. The molecule has 16 heavy (non-hydrogen) atoms. The average molecular weight is 306 g/mol. The summed E-state index contributed by atoms with van der Waals surface area (Å²) in [7, 11) is 2.12. The highest BCUT2D eigenvalue weighted by Gasteiger charge is 2.22. The first-order valence-electron chi connectivity index (χ1n) is 5.52. The number of nitrogens with zero attached hydrogens (tertiary/aromatic N) is 1. The molecular weight excluding hydrogens is 286 g/mol. The Kier molecular flexibility index (Phi) is 5.44. The Morgan fingerprint density at radius 2 is 2.12 bits per heavy atom. The second kappa shape index (κ2) is 6.15. The van der Waals surface area contributed by atoms with Crippen LogP contribution in [-0.4, -0.2) is 35.7 Å². The Morgan fingerprint density at radius 3 is 2.62 bits per heavy atom. The molecule has 0 aliphatic carbocycles. The molecule has 0 atom stereocenters. The van der Waals surface area contributed by atoms with Crippen molar-refractivity contribution in [3.05, 3.63) is 20.8 Å². The van der Waals surface area contributed by atoms with Gasteiger partial charge in [-0.3, -0.25) is 0 Å². The van der Waals surface area contributed by atoms with E-state index in [-0.39, 0.29) is 12.1 Å². The van der Waals surface area contributed by atoms with Crippen LogP contribution in [0.5, 0.6) is 0 Å². The summed E-state index contributed by atoms with van der Waals surface area (Å²) in [6.45, 7) is 5.63. The Hall–Kier alpha value is 0.1000. The quantitative estimate of drug-likeness (QED) is 0.873. The molecule has 1 N–H and O–H groups in total. The van der Waals surface area contributed by atoms with Crippen molar-refractivity contribution < 1.29 is 5.11 Å². The molecule has 0 spiro atoms. The minimum absolute atomic E-state index is 0.0727. The van der Waals surface area contributed by atoms with Crippen molar-refractivity contribution in [2.45, 2.75) is 32.2 Å². The highest BCUT2D eigenvalue weighted by molar-refractivity contribution is 9.11. The third-order valence-corrected chi connectivity index (χ3v) is 4.76. The molecule has 92 valence electrons. The molecule has 1 aromatic heterocycles. The fourth-order valence-corrected chi connectivity index (χ4v) is 3.00. The van der Waals surface area contributed by atoms with Gasteiger partial charge in [0.25, 0.3) is 0 Å². The number of rotatable bonds is 6. The number of halogens is 1. The lowest BCUT2D eigenvalue weighted by atomic mass is 9.99. The van der Waals surface area contributed by atoms with Gasteiger partial charge in [-0.15, -0.1) is 11.3 Å². The van der Waals surface area contributed by atoms with E-state index < -0.39 is 0 Å². The predicted molar refractivity (Wildman–Crippen MR) is 74.1 cm³/mol. The van der Waals surface area contributed by atoms with Gasteiger partial charge in [0.05, 0.1) is 3.79 Å². The predicted octanol–water partition coefficient (Wildman–Crippen LogP) is 3.15. The smallest absolute Gasteiger partial charge is 0.0701 e. The molecule has 0 aromatic carbocycles. The molecular formula is C12H20BrNOS. The minimum atomic E-state index is 0.0727. The number of likely N-dealkylation sites (N-methyl/N-ethyl adjacent to an activating group) is 1. The molecule has 0 bridgehead atoms. The fraction of sp³-hybridized carbons (Fsp3) is 0.667. The third-order valence-electron chi connectivity index (χ3n) is 3.08. The summed E-state index contributed by atoms with van der Waals surface area (Å²) in [5.41, 5.74) is 0.0727. The van der Waals surface area contributed by atoms with Crippen LogP contribution in [0.1, 0.15) is 25.1 Å². The zero-order chi connectivity index (χ0) is 12.2. The molecule has 0 amide bonds. The summed E-state index contributed by atoms with van der Waals surface area (Å²) < 4.78 is 1.19. The Labute approximate surface area is 110 Å². The third kappa shape index (κ3) is 4.17. The number of hydrogen-bond acceptors (Lipinski definition) is 3. The lowest BCUT2D eigenvalue weighted by Crippen LogP contribution is -2.42. The summed E-state index contributed by atoms with van der Waals surface area (Å²) in [4.78, 5) is 3.72. The molecule has 0 aliphatic rings. The highest BCUT2D eigenvalue weighted by atomic mass is 79.9. The van der Waals surface area contributed by atoms with Crippen molar-refractivity contribution in [2.75, 3.05) is 20.2 Å². The van der Waals surface area contributed by atoms with Crippen molar-refractivity contribution in [3.8, 4) is 0 Å². The summed E-state index contributed by atoms with van der Waals surface area (Å²) in [5.74, 6) is 0. The molecule has 1 rings (SSSR count). The van der Waals surface area contributed by atoms with Crippen LogP contribution in [0.25, 0.3) is 0 Å². The maximum atomic E-state index is 9.01. The van der Waals surface area contributed by atoms with Crippen molar-refractivity contribution in [1.82, 2.24) is 4.90 Å². The van der Waals surface area contributed by atoms with E-state index in [1.807, 2.05) is 0 Å². The van der Waals surface area contributed by atoms with Gasteiger partial charge in [0.1, 0.15) is 0 Å². The maximum Gasteiger partial charge on any atom is 0.0701 e. The second-order valence-electron chi connectivity index (χ2n) is 4.66. The molecule has 4 heteroatoms. The number of aliphatic hydroxyl groups is 1. The van der Waals surface area contributed by atoms with Crippen LogP contribution >= 0.6 is 27.3 Å². The Bertz CT molecular complexity index is 325. The molecule has 0 fully saturated rings. The molecule has 1 aromatic rings. The molecule has 0 radical (unpaired) electrons. The van der Waals surface area contributed by atoms with Gasteiger partial charge in [0.2, 0.25) is 0 Å². The van der Waals surface area contributed by atoms with Crippen LogP contribution < -0.4 is 0 Å². The summed E-state index contributed by atoms with van der Waals surface area (Å²) in [5, 5.41) is 9.01. The molecule has 1 heterocycles. The topological polar surface area (TPSA) is 23.5 Å². The first-order chi connectivity index (χ1) is 7.45. The van der Waals surface area contributed by atoms with Gasteiger partial charge in [-0.1, -0.05) is 0 Å². The fourth-order valence-electron chi connectivity index (χ4n) is 1.53. The van der Waals surface area contributed by atoms with E-state index in [1.165, 1.54) is 8.66 Å². The van der Waals surface area contributed by atoms with E-state index in [4.69, 9.17) is 5.11 Å². The van der Waals surface area contributed by atoms with E-state index in [1.54, 1.807) is 11.3 Å². The number of aliphatic hydroxyl groups excluding tert-OH is 1. The van der Waals surface area contributed by atoms with E-state index >= 15 is 0 Å². The van der Waals surface area contributed by atoms with Crippen LogP contribution in [0.2, 0.25) is 0 Å². The first-order valence-corrected chi connectivity index (χ1v) is 7.13. The molecule has 0 aliphatic heterocycles. The highest BCUT2D eigenvalue weighted by Crippen LogP contribution is 2.23. The normalized spacial score (nSPS) is 12.4. The first kappa shape index (κ1) is 14.2. The average Bonchev–Trinajstić information content (AvgIpc) is 2.60. The lowest BCUT2D eigenvalue weighted by Gasteiger charge is -2.35. The largest absolute Gasteiger partial charge is 0.396 e. The van der Waals surface area contributed by atoms with Gasteiger partial charge < -0.3 is 10.0 Å². The summed E-state index contributed by atoms with van der Waals surface area (Å²) >= 11 is 5.27. The van der Waals surface area contributed by atoms with Gasteiger partial charge in [-0.05, 0) is 61.8 Å². The Balaban J connectivity index is 2.43. The minimum Gasteiger partial charge on any atom is -0.396 e. The zero-order valence-electron chi connectivity index (χ0n) is 10.2. The van der Waals surface area contributed by atoms with Crippen LogP contribution in [0.4, 0.5) is 0 Å². The van der Waals surface area contributed by atoms with Crippen molar-refractivity contribution in [3.63, 3.8) is 0 Å². The molecule has 0 saturated carbocycles. The van der Waals surface area contributed by atoms with E-state index in [9.17, 15) is 0 Å². The van der Waals surface area contributed by atoms with E-state index in [0.717, 1.165) is 19.4 Å². The Morgan fingerprint density at radius 1 is 1.44 bits per heavy atom. The molecule has 0 saturated heterocycles. The summed E-state index contributed by atoms with van der Waals surface area (Å²) in [6, 6.07) is 4.26. The van der Waals surface area contributed by atoms with Gasteiger partial charge in [-0.25, -0.2) is 0 Å². The van der Waals surface area contributed by atoms with E-state index in [2.05, 4.69) is 53.9 Å². The van der Waals surface area contributed by atoms with Crippen LogP contribution in [0.3, 0.4) is 0 Å². The molecule has 2 nitrogen and oxygen atoms in total. The van der Waals surface area contributed by atoms with Gasteiger partial charge in [-0.2, -0.15) is 0 Å². The van der Waals surface area contributed by atoms with Crippen molar-refractivity contribution in [1.29, 1.82) is 0 Å². The van der Waals surface area contributed by atoms with Crippen LogP contribution in [-0.2, 0) is 6.42 Å². The standard InChI is InChI=1S/C12H20BrNOS/c1-12(2,7-9-15)14(3)8-6-10-4-5-11(13)16-10/h4-5,15H,6-9H2,1-3H3. The number of thiophene rings is 1. The van der Waals surface area contributed by atoms with E-state index in [0.29, 0.717) is 0 Å². The van der Waals surface area contributed by atoms with Gasteiger partial charge in [0.15, 0.2) is 0 Å².